The van der Waals surface area contributed by atoms with Crippen LogP contribution in [0.4, 0.5) is 5.82 Å². The van der Waals surface area contributed by atoms with E-state index in [-0.39, 0.29) is 6.04 Å². The first-order valence-electron chi connectivity index (χ1n) is 6.55. The average Bonchev–Trinajstić information content (AvgIpc) is 2.76. The van der Waals surface area contributed by atoms with Gasteiger partial charge in [0, 0.05) is 11.1 Å². The molecule has 0 fully saturated rings. The molecule has 20 heavy (non-hydrogen) atoms. The second-order valence-corrected chi connectivity index (χ2v) is 6.01. The van der Waals surface area contributed by atoms with E-state index in [0.717, 1.165) is 21.7 Å². The molecular weight excluding hydrogens is 268 g/mol. The van der Waals surface area contributed by atoms with Crippen LogP contribution in [0, 0.1) is 13.8 Å². The lowest BCUT2D eigenvalue weighted by atomic mass is 10.2. The Balaban J connectivity index is 1.99. The number of hydrogen-bond donors (Lipinski definition) is 1. The van der Waals surface area contributed by atoms with Crippen LogP contribution in [0.2, 0.25) is 0 Å². The maximum Gasteiger partial charge on any atom is 0.138 e. The maximum atomic E-state index is 4.40. The van der Waals surface area contributed by atoms with E-state index in [9.17, 15) is 0 Å². The first-order chi connectivity index (χ1) is 9.66. The molecule has 0 radical (unpaired) electrons. The first-order valence-corrected chi connectivity index (χ1v) is 7.36. The molecule has 4 nitrogen and oxygen atoms in total. The molecule has 0 amide bonds. The van der Waals surface area contributed by atoms with Gasteiger partial charge < -0.3 is 5.32 Å². The summed E-state index contributed by atoms with van der Waals surface area (Å²) in [6.45, 7) is 6.33. The molecule has 0 saturated carbocycles. The molecule has 0 aromatic carbocycles. The highest BCUT2D eigenvalue weighted by Crippen LogP contribution is 2.33. The topological polar surface area (TPSA) is 50.7 Å². The molecule has 0 aliphatic rings. The third-order valence-corrected chi connectivity index (χ3v) is 4.57. The van der Waals surface area contributed by atoms with E-state index in [0.29, 0.717) is 0 Å². The van der Waals surface area contributed by atoms with Gasteiger partial charge in [0.25, 0.3) is 0 Å². The van der Waals surface area contributed by atoms with Crippen LogP contribution in [0.25, 0.3) is 10.2 Å². The lowest BCUT2D eigenvalue weighted by Gasteiger charge is -2.14. The fourth-order valence-electron chi connectivity index (χ4n) is 2.20. The summed E-state index contributed by atoms with van der Waals surface area (Å²) in [6.07, 6.45) is 3.42. The number of aromatic nitrogens is 3. The number of nitrogens with zero attached hydrogens (tertiary/aromatic N) is 3. The van der Waals surface area contributed by atoms with Gasteiger partial charge in [0.1, 0.15) is 17.0 Å². The summed E-state index contributed by atoms with van der Waals surface area (Å²) in [5, 5.41) is 4.57. The van der Waals surface area contributed by atoms with Gasteiger partial charge in [0.15, 0.2) is 0 Å². The molecule has 102 valence electrons. The van der Waals surface area contributed by atoms with Crippen molar-refractivity contribution in [2.45, 2.75) is 26.8 Å². The van der Waals surface area contributed by atoms with Crippen LogP contribution in [0.3, 0.4) is 0 Å². The summed E-state index contributed by atoms with van der Waals surface area (Å²) in [5.41, 5.74) is 2.25. The van der Waals surface area contributed by atoms with Crippen LogP contribution in [0.15, 0.2) is 30.7 Å². The van der Waals surface area contributed by atoms with Crippen LogP contribution in [-0.2, 0) is 0 Å². The minimum absolute atomic E-state index is 0.105. The van der Waals surface area contributed by atoms with Crippen molar-refractivity contribution in [3.63, 3.8) is 0 Å². The summed E-state index contributed by atoms with van der Waals surface area (Å²) in [5.74, 6) is 0.884. The standard InChI is InChI=1S/C15H16N4S/c1-9-11(3)20-15-13(9)14(17-8-18-15)19-10(2)12-6-4-5-7-16-12/h4-8,10H,1-3H3,(H,17,18,19)/t10-/m0/s1. The highest BCUT2D eigenvalue weighted by molar-refractivity contribution is 7.18. The lowest BCUT2D eigenvalue weighted by Crippen LogP contribution is -2.09. The number of nitrogens with one attached hydrogen (secondary N) is 1. The minimum Gasteiger partial charge on any atom is -0.361 e. The van der Waals surface area contributed by atoms with Crippen molar-refractivity contribution in [1.29, 1.82) is 0 Å². The van der Waals surface area contributed by atoms with E-state index in [1.54, 1.807) is 17.7 Å². The number of aryl methyl sites for hydroxylation is 2. The molecule has 0 unspecified atom stereocenters. The van der Waals surface area contributed by atoms with Crippen molar-refractivity contribution in [3.05, 3.63) is 46.9 Å². The first kappa shape index (κ1) is 13.0. The van der Waals surface area contributed by atoms with Crippen molar-refractivity contribution in [1.82, 2.24) is 15.0 Å². The zero-order valence-electron chi connectivity index (χ0n) is 11.7. The summed E-state index contributed by atoms with van der Waals surface area (Å²) < 4.78 is 0. The Morgan fingerprint density at radius 3 is 2.75 bits per heavy atom. The third-order valence-electron chi connectivity index (χ3n) is 3.45. The number of hydrogen-bond acceptors (Lipinski definition) is 5. The lowest BCUT2D eigenvalue weighted by molar-refractivity contribution is 0.833. The van der Waals surface area contributed by atoms with Crippen molar-refractivity contribution in [2.75, 3.05) is 5.32 Å². The third kappa shape index (κ3) is 2.25. The van der Waals surface area contributed by atoms with Crippen molar-refractivity contribution >= 4 is 27.4 Å². The molecular formula is C15H16N4S. The van der Waals surface area contributed by atoms with E-state index in [2.05, 4.69) is 41.0 Å². The smallest absolute Gasteiger partial charge is 0.138 e. The normalized spacial score (nSPS) is 12.6. The van der Waals surface area contributed by atoms with E-state index < -0.39 is 0 Å². The van der Waals surface area contributed by atoms with Crippen LogP contribution < -0.4 is 5.32 Å². The van der Waals surface area contributed by atoms with Gasteiger partial charge in [-0.2, -0.15) is 0 Å². The summed E-state index contributed by atoms with van der Waals surface area (Å²) >= 11 is 1.71. The van der Waals surface area contributed by atoms with E-state index >= 15 is 0 Å². The van der Waals surface area contributed by atoms with Crippen molar-refractivity contribution < 1.29 is 0 Å². The highest BCUT2D eigenvalue weighted by Gasteiger charge is 2.14. The minimum atomic E-state index is 0.105. The van der Waals surface area contributed by atoms with Gasteiger partial charge in [-0.1, -0.05) is 6.07 Å². The van der Waals surface area contributed by atoms with Crippen LogP contribution >= 0.6 is 11.3 Å². The number of thiophene rings is 1. The Kier molecular flexibility index (Phi) is 3.36. The molecule has 0 spiro atoms. The predicted octanol–water partition coefficient (Wildman–Crippen LogP) is 3.88. The molecule has 3 heterocycles. The molecule has 5 heteroatoms. The van der Waals surface area contributed by atoms with Gasteiger partial charge in [-0.25, -0.2) is 9.97 Å². The van der Waals surface area contributed by atoms with Gasteiger partial charge >= 0.3 is 0 Å². The number of anilines is 1. The quantitative estimate of drug-likeness (QED) is 0.793. The van der Waals surface area contributed by atoms with E-state index in [1.165, 1.54) is 10.4 Å². The molecule has 3 aromatic rings. The molecule has 3 rings (SSSR count). The number of pyridine rings is 1. The Labute approximate surface area is 121 Å². The average molecular weight is 284 g/mol. The molecule has 1 N–H and O–H groups in total. The molecule has 0 saturated heterocycles. The molecule has 1 atom stereocenters. The number of fused-ring (bicyclic) bond motifs is 1. The summed E-state index contributed by atoms with van der Waals surface area (Å²) in [7, 11) is 0. The zero-order chi connectivity index (χ0) is 14.1. The molecule has 0 aliphatic heterocycles. The Bertz CT molecular complexity index is 736. The summed E-state index contributed by atoms with van der Waals surface area (Å²) in [6, 6.07) is 6.04. The van der Waals surface area contributed by atoms with Gasteiger partial charge in [0.05, 0.1) is 17.1 Å². The molecule has 3 aromatic heterocycles. The van der Waals surface area contributed by atoms with Crippen LogP contribution in [-0.4, -0.2) is 15.0 Å². The molecule has 0 aliphatic carbocycles. The number of rotatable bonds is 3. The summed E-state index contributed by atoms with van der Waals surface area (Å²) in [4.78, 5) is 15.5. The maximum absolute atomic E-state index is 4.40. The van der Waals surface area contributed by atoms with Gasteiger partial charge in [-0.05, 0) is 38.5 Å². The van der Waals surface area contributed by atoms with Crippen molar-refractivity contribution in [2.24, 2.45) is 0 Å². The van der Waals surface area contributed by atoms with E-state index in [1.807, 2.05) is 24.4 Å². The fourth-order valence-corrected chi connectivity index (χ4v) is 3.20. The SMILES string of the molecule is Cc1sc2ncnc(N[C@@H](C)c3ccccn3)c2c1C. The predicted molar refractivity (Wildman–Crippen MR) is 83.2 cm³/mol. The van der Waals surface area contributed by atoms with Gasteiger partial charge in [-0.3, -0.25) is 4.98 Å². The molecule has 0 bridgehead atoms. The monoisotopic (exact) mass is 284 g/mol. The zero-order valence-corrected chi connectivity index (χ0v) is 12.5. The fraction of sp³-hybridized carbons (Fsp3) is 0.267. The second kappa shape index (κ2) is 5.17. The largest absolute Gasteiger partial charge is 0.361 e. The Hall–Kier alpha value is -2.01. The van der Waals surface area contributed by atoms with Crippen molar-refractivity contribution in [3.8, 4) is 0 Å². The van der Waals surface area contributed by atoms with Gasteiger partial charge in [0.2, 0.25) is 0 Å². The van der Waals surface area contributed by atoms with E-state index in [4.69, 9.17) is 0 Å². The highest BCUT2D eigenvalue weighted by atomic mass is 32.1. The Morgan fingerprint density at radius 2 is 2.00 bits per heavy atom. The van der Waals surface area contributed by atoms with Gasteiger partial charge in [-0.15, -0.1) is 11.3 Å². The Morgan fingerprint density at radius 1 is 1.15 bits per heavy atom. The van der Waals surface area contributed by atoms with Crippen LogP contribution in [0.5, 0.6) is 0 Å². The van der Waals surface area contributed by atoms with Crippen LogP contribution in [0.1, 0.15) is 29.1 Å². The second-order valence-electron chi connectivity index (χ2n) is 4.81.